The lowest BCUT2D eigenvalue weighted by Gasteiger charge is -2.15. The summed E-state index contributed by atoms with van der Waals surface area (Å²) in [6.07, 6.45) is 0.618. The maximum absolute atomic E-state index is 9.84. The average Bonchev–Trinajstić information content (AvgIpc) is 2.21. The predicted molar refractivity (Wildman–Crippen MR) is 63.0 cm³/mol. The lowest BCUT2D eigenvalue weighted by Crippen LogP contribution is -2.15. The summed E-state index contributed by atoms with van der Waals surface area (Å²) in [4.78, 5) is 0. The Morgan fingerprint density at radius 1 is 1.53 bits per heavy atom. The monoisotopic (exact) mass is 274 g/mol. The van der Waals surface area contributed by atoms with Gasteiger partial charge in [0.25, 0.3) is 0 Å². The normalized spacial score (nSPS) is 12.5. The van der Waals surface area contributed by atoms with Gasteiger partial charge in [-0.25, -0.2) is 0 Å². The zero-order chi connectivity index (χ0) is 11.4. The van der Waals surface area contributed by atoms with Gasteiger partial charge >= 0.3 is 0 Å². The third-order valence-electron chi connectivity index (χ3n) is 2.17. The molecule has 1 rings (SSSR count). The molecule has 0 bridgehead atoms. The van der Waals surface area contributed by atoms with Crippen molar-refractivity contribution in [3.8, 4) is 11.5 Å². The number of benzene rings is 1. The van der Waals surface area contributed by atoms with Gasteiger partial charge in [-0.3, -0.25) is 0 Å². The molecule has 1 aromatic rings. The lowest BCUT2D eigenvalue weighted by molar-refractivity contribution is 0.367. The van der Waals surface area contributed by atoms with Crippen molar-refractivity contribution >= 4 is 15.9 Å². The van der Waals surface area contributed by atoms with Crippen LogP contribution in [0.5, 0.6) is 11.5 Å². The fraction of sp³-hybridized carbons (Fsp3) is 0.400. The first-order valence-corrected chi connectivity index (χ1v) is 5.41. The van der Waals surface area contributed by atoms with Crippen molar-refractivity contribution < 1.29 is 9.84 Å². The van der Waals surface area contributed by atoms with Crippen molar-refractivity contribution in [2.75, 3.05) is 13.7 Å². The Kier molecular flexibility index (Phi) is 4.38. The Morgan fingerprint density at radius 2 is 2.20 bits per heavy atom. The summed E-state index contributed by atoms with van der Waals surface area (Å²) in [5, 5.41) is 9.84. The van der Waals surface area contributed by atoms with E-state index >= 15 is 0 Å². The third kappa shape index (κ3) is 2.84. The first-order valence-electron chi connectivity index (χ1n) is 4.62. The lowest BCUT2D eigenvalue weighted by atomic mass is 10.0. The molecule has 0 saturated heterocycles. The number of nitrogens with two attached hydrogens (primary N) is 2. The van der Waals surface area contributed by atoms with Gasteiger partial charge in [-0.15, -0.1) is 0 Å². The molecule has 0 amide bonds. The number of hydrogen-bond acceptors (Lipinski definition) is 4. The van der Waals surface area contributed by atoms with Crippen LogP contribution in [0.3, 0.4) is 0 Å². The van der Waals surface area contributed by atoms with Crippen LogP contribution in [0.2, 0.25) is 0 Å². The number of phenols is 1. The van der Waals surface area contributed by atoms with Gasteiger partial charge in [0.1, 0.15) is 0 Å². The number of ether oxygens (including phenoxy) is 1. The number of methoxy groups -OCH3 is 1. The van der Waals surface area contributed by atoms with Crippen LogP contribution in [0.1, 0.15) is 18.0 Å². The molecule has 0 unspecified atom stereocenters. The first-order chi connectivity index (χ1) is 7.10. The van der Waals surface area contributed by atoms with Gasteiger partial charge in [-0.05, 0) is 25.1 Å². The Morgan fingerprint density at radius 3 is 2.73 bits per heavy atom. The van der Waals surface area contributed by atoms with Gasteiger partial charge in [0, 0.05) is 16.1 Å². The highest BCUT2D eigenvalue weighted by Crippen LogP contribution is 2.36. The molecule has 4 nitrogen and oxygen atoms in total. The summed E-state index contributed by atoms with van der Waals surface area (Å²) < 4.78 is 5.85. The Hall–Kier alpha value is -0.780. The number of halogens is 1. The maximum Gasteiger partial charge on any atom is 0.162 e. The van der Waals surface area contributed by atoms with E-state index in [1.54, 1.807) is 12.1 Å². The number of phenolic OH excluding ortho intramolecular Hbond substituents is 1. The van der Waals surface area contributed by atoms with Crippen molar-refractivity contribution in [1.82, 2.24) is 0 Å². The zero-order valence-corrected chi connectivity index (χ0v) is 10.1. The van der Waals surface area contributed by atoms with Crippen LogP contribution in [-0.2, 0) is 0 Å². The minimum Gasteiger partial charge on any atom is -0.504 e. The largest absolute Gasteiger partial charge is 0.504 e. The van der Waals surface area contributed by atoms with Crippen LogP contribution in [0, 0.1) is 0 Å². The Balaban J connectivity index is 3.11. The van der Waals surface area contributed by atoms with Crippen LogP contribution < -0.4 is 16.2 Å². The van der Waals surface area contributed by atoms with E-state index in [-0.39, 0.29) is 11.8 Å². The van der Waals surface area contributed by atoms with E-state index in [1.807, 2.05) is 0 Å². The summed E-state index contributed by atoms with van der Waals surface area (Å²) in [6, 6.07) is 3.19. The van der Waals surface area contributed by atoms with Gasteiger partial charge < -0.3 is 21.3 Å². The second-order valence-electron chi connectivity index (χ2n) is 3.23. The minimum absolute atomic E-state index is 0.0849. The molecule has 0 aliphatic heterocycles. The molecule has 84 valence electrons. The number of hydrogen-bond donors (Lipinski definition) is 3. The van der Waals surface area contributed by atoms with Gasteiger partial charge in [-0.2, -0.15) is 0 Å². The predicted octanol–water partition coefficient (Wildman–Crippen LogP) is 1.51. The number of aromatic hydroxyl groups is 1. The van der Waals surface area contributed by atoms with E-state index in [1.165, 1.54) is 7.11 Å². The van der Waals surface area contributed by atoms with Crippen LogP contribution in [-0.4, -0.2) is 18.8 Å². The summed E-state index contributed by atoms with van der Waals surface area (Å²) in [7, 11) is 1.50. The Bertz CT molecular complexity index is 344. The second kappa shape index (κ2) is 5.34. The van der Waals surface area contributed by atoms with E-state index in [0.717, 1.165) is 4.47 Å². The van der Waals surface area contributed by atoms with Crippen molar-refractivity contribution in [2.45, 2.75) is 12.5 Å². The first kappa shape index (κ1) is 12.3. The zero-order valence-electron chi connectivity index (χ0n) is 8.53. The van der Waals surface area contributed by atoms with Crippen LogP contribution in [0.25, 0.3) is 0 Å². The van der Waals surface area contributed by atoms with E-state index in [9.17, 15) is 5.11 Å². The van der Waals surface area contributed by atoms with Crippen molar-refractivity contribution in [1.29, 1.82) is 0 Å². The van der Waals surface area contributed by atoms with E-state index < -0.39 is 0 Å². The van der Waals surface area contributed by atoms with Crippen LogP contribution in [0.4, 0.5) is 0 Å². The van der Waals surface area contributed by atoms with E-state index in [0.29, 0.717) is 24.3 Å². The average molecular weight is 275 g/mol. The molecule has 5 N–H and O–H groups in total. The molecule has 0 heterocycles. The minimum atomic E-state index is -0.276. The SMILES string of the molecule is COc1cc(Br)cc([C@H](N)CCN)c1O. The summed E-state index contributed by atoms with van der Waals surface area (Å²) in [5.74, 6) is 0.494. The van der Waals surface area contributed by atoms with Crippen LogP contribution in [0.15, 0.2) is 16.6 Å². The molecule has 0 fully saturated rings. The summed E-state index contributed by atoms with van der Waals surface area (Å²) in [6.45, 7) is 0.482. The molecule has 0 aliphatic rings. The second-order valence-corrected chi connectivity index (χ2v) is 4.15. The van der Waals surface area contributed by atoms with Crippen molar-refractivity contribution in [2.24, 2.45) is 11.5 Å². The van der Waals surface area contributed by atoms with E-state index in [4.69, 9.17) is 16.2 Å². The third-order valence-corrected chi connectivity index (χ3v) is 2.62. The molecular formula is C10H15BrN2O2. The molecule has 15 heavy (non-hydrogen) atoms. The Labute approximate surface area is 97.3 Å². The molecule has 1 atom stereocenters. The fourth-order valence-corrected chi connectivity index (χ4v) is 1.82. The maximum atomic E-state index is 9.84. The highest BCUT2D eigenvalue weighted by molar-refractivity contribution is 9.10. The molecule has 1 aromatic carbocycles. The van der Waals surface area contributed by atoms with Crippen molar-refractivity contribution in [3.05, 3.63) is 22.2 Å². The fourth-order valence-electron chi connectivity index (χ4n) is 1.37. The van der Waals surface area contributed by atoms with Gasteiger partial charge in [0.05, 0.1) is 7.11 Å². The molecule has 5 heteroatoms. The van der Waals surface area contributed by atoms with Crippen LogP contribution >= 0.6 is 15.9 Å². The van der Waals surface area contributed by atoms with Gasteiger partial charge in [0.15, 0.2) is 11.5 Å². The standard InChI is InChI=1S/C10H15BrN2O2/c1-15-9-5-6(11)4-7(10(9)14)8(13)2-3-12/h4-5,8,14H,2-3,12-13H2,1H3/t8-/m1/s1. The van der Waals surface area contributed by atoms with Crippen molar-refractivity contribution in [3.63, 3.8) is 0 Å². The van der Waals surface area contributed by atoms with Gasteiger partial charge in [0.2, 0.25) is 0 Å². The van der Waals surface area contributed by atoms with Gasteiger partial charge in [-0.1, -0.05) is 15.9 Å². The molecule has 0 spiro atoms. The molecule has 0 aromatic heterocycles. The highest BCUT2D eigenvalue weighted by Gasteiger charge is 2.15. The summed E-state index contributed by atoms with van der Waals surface area (Å²) >= 11 is 3.33. The molecule has 0 aliphatic carbocycles. The smallest absolute Gasteiger partial charge is 0.162 e. The highest BCUT2D eigenvalue weighted by atomic mass is 79.9. The molecule has 0 radical (unpaired) electrons. The number of rotatable bonds is 4. The summed E-state index contributed by atoms with van der Waals surface area (Å²) in [5.41, 5.74) is 11.9. The molecular weight excluding hydrogens is 260 g/mol. The van der Waals surface area contributed by atoms with E-state index in [2.05, 4.69) is 15.9 Å². The molecule has 0 saturated carbocycles. The topological polar surface area (TPSA) is 81.5 Å². The quantitative estimate of drug-likeness (QED) is 0.778.